The summed E-state index contributed by atoms with van der Waals surface area (Å²) in [5.41, 5.74) is 6.20. The van der Waals surface area contributed by atoms with Crippen LogP contribution in [0.15, 0.2) is 18.2 Å². The lowest BCUT2D eigenvalue weighted by molar-refractivity contribution is 0.0829. The number of halogens is 2. The Morgan fingerprint density at radius 2 is 2.11 bits per heavy atom. The van der Waals surface area contributed by atoms with Gasteiger partial charge in [0.2, 0.25) is 0 Å². The number of nitrogens with zero attached hydrogens (tertiary/aromatic N) is 1. The Morgan fingerprint density at radius 3 is 2.74 bits per heavy atom. The van der Waals surface area contributed by atoms with Crippen LogP contribution in [-0.4, -0.2) is 24.0 Å². The van der Waals surface area contributed by atoms with Crippen molar-refractivity contribution in [2.24, 2.45) is 11.7 Å². The number of hydrogen-bond acceptors (Lipinski definition) is 2. The second kappa shape index (κ2) is 5.97. The minimum atomic E-state index is -0.409. The summed E-state index contributed by atoms with van der Waals surface area (Å²) in [5.74, 6) is -0.0995. The largest absolute Gasteiger partial charge is 0.329 e. The number of nitrogens with two attached hydrogens (primary N) is 1. The molecule has 0 aromatic heterocycles. The van der Waals surface area contributed by atoms with E-state index in [9.17, 15) is 8.78 Å². The number of rotatable bonds is 3. The Kier molecular flexibility index (Phi) is 4.53. The van der Waals surface area contributed by atoms with E-state index in [0.717, 1.165) is 25.5 Å². The first kappa shape index (κ1) is 14.4. The summed E-state index contributed by atoms with van der Waals surface area (Å²) in [6.07, 6.45) is 2.16. The van der Waals surface area contributed by atoms with E-state index in [1.807, 2.05) is 0 Å². The third-order valence-corrected chi connectivity index (χ3v) is 4.13. The van der Waals surface area contributed by atoms with Crippen LogP contribution in [0.25, 0.3) is 0 Å². The molecule has 0 saturated carbocycles. The van der Waals surface area contributed by atoms with Crippen molar-refractivity contribution in [1.82, 2.24) is 4.90 Å². The molecule has 2 rings (SSSR count). The predicted molar refractivity (Wildman–Crippen MR) is 72.7 cm³/mol. The average molecular weight is 268 g/mol. The number of likely N-dealkylation sites (tertiary alicyclic amines) is 1. The van der Waals surface area contributed by atoms with Crippen molar-refractivity contribution >= 4 is 0 Å². The van der Waals surface area contributed by atoms with Gasteiger partial charge < -0.3 is 5.73 Å². The van der Waals surface area contributed by atoms with Gasteiger partial charge in [0.25, 0.3) is 0 Å². The second-order valence-electron chi connectivity index (χ2n) is 5.63. The van der Waals surface area contributed by atoms with Crippen molar-refractivity contribution in [1.29, 1.82) is 0 Å². The summed E-state index contributed by atoms with van der Waals surface area (Å²) in [6.45, 7) is 5.56. The maximum atomic E-state index is 13.9. The number of benzene rings is 1. The van der Waals surface area contributed by atoms with Crippen LogP contribution in [0.5, 0.6) is 0 Å². The molecule has 1 aromatic carbocycles. The van der Waals surface area contributed by atoms with Gasteiger partial charge in [-0.2, -0.15) is 0 Å². The Bertz CT molecular complexity index is 436. The molecule has 19 heavy (non-hydrogen) atoms. The molecule has 1 saturated heterocycles. The normalized spacial score (nSPS) is 26.4. The summed E-state index contributed by atoms with van der Waals surface area (Å²) in [7, 11) is 0. The topological polar surface area (TPSA) is 29.3 Å². The molecule has 1 heterocycles. The summed E-state index contributed by atoms with van der Waals surface area (Å²) in [4.78, 5) is 2.21. The molecular weight excluding hydrogens is 246 g/mol. The van der Waals surface area contributed by atoms with Crippen molar-refractivity contribution in [3.05, 3.63) is 35.4 Å². The minimum absolute atomic E-state index is 0.238. The van der Waals surface area contributed by atoms with Crippen LogP contribution in [0, 0.1) is 17.6 Å². The quantitative estimate of drug-likeness (QED) is 0.912. The lowest BCUT2D eigenvalue weighted by Gasteiger charge is -2.41. The summed E-state index contributed by atoms with van der Waals surface area (Å²) >= 11 is 0. The van der Waals surface area contributed by atoms with Gasteiger partial charge in [0.05, 0.1) is 6.04 Å². The maximum Gasteiger partial charge on any atom is 0.128 e. The molecule has 1 aromatic rings. The number of hydrogen-bond donors (Lipinski definition) is 1. The summed E-state index contributed by atoms with van der Waals surface area (Å²) in [5, 5.41) is 0. The van der Waals surface area contributed by atoms with Gasteiger partial charge in [0.1, 0.15) is 11.6 Å². The Hall–Kier alpha value is -1.00. The first-order valence-electron chi connectivity index (χ1n) is 6.93. The Balaban J connectivity index is 2.26. The molecule has 3 unspecified atom stereocenters. The van der Waals surface area contributed by atoms with E-state index in [1.54, 1.807) is 0 Å². The highest BCUT2D eigenvalue weighted by molar-refractivity contribution is 5.23. The van der Waals surface area contributed by atoms with Crippen LogP contribution in [0.1, 0.15) is 38.3 Å². The molecular formula is C15H22F2N2. The molecule has 1 aliphatic rings. The zero-order valence-corrected chi connectivity index (χ0v) is 11.6. The van der Waals surface area contributed by atoms with Gasteiger partial charge in [-0.15, -0.1) is 0 Å². The highest BCUT2D eigenvalue weighted by Crippen LogP contribution is 2.31. The standard InChI is InChI=1S/C15H22F2N2/c1-10-5-6-19(11(2)7-10)15(9-18)13-8-12(16)3-4-14(13)17/h3-4,8,10-11,15H,5-7,9,18H2,1-2H3. The van der Waals surface area contributed by atoms with Gasteiger partial charge in [-0.3, -0.25) is 4.90 Å². The van der Waals surface area contributed by atoms with Crippen molar-refractivity contribution in [2.45, 2.75) is 38.8 Å². The molecule has 0 spiro atoms. The molecule has 2 N–H and O–H groups in total. The molecule has 0 amide bonds. The van der Waals surface area contributed by atoms with Gasteiger partial charge >= 0.3 is 0 Å². The lowest BCUT2D eigenvalue weighted by atomic mass is 9.90. The van der Waals surface area contributed by atoms with Crippen molar-refractivity contribution in [3.8, 4) is 0 Å². The molecule has 0 aliphatic carbocycles. The maximum absolute atomic E-state index is 13.9. The van der Waals surface area contributed by atoms with Crippen LogP contribution in [0.2, 0.25) is 0 Å². The van der Waals surface area contributed by atoms with Crippen LogP contribution in [-0.2, 0) is 0 Å². The van der Waals surface area contributed by atoms with Gasteiger partial charge in [0, 0.05) is 18.2 Å². The van der Waals surface area contributed by atoms with Crippen molar-refractivity contribution in [3.63, 3.8) is 0 Å². The molecule has 106 valence electrons. The third-order valence-electron chi connectivity index (χ3n) is 4.13. The highest BCUT2D eigenvalue weighted by atomic mass is 19.1. The monoisotopic (exact) mass is 268 g/mol. The first-order chi connectivity index (χ1) is 9.02. The van der Waals surface area contributed by atoms with Crippen LogP contribution in [0.3, 0.4) is 0 Å². The van der Waals surface area contributed by atoms with Crippen LogP contribution < -0.4 is 5.73 Å². The Morgan fingerprint density at radius 1 is 1.37 bits per heavy atom. The Labute approximate surface area is 113 Å². The molecule has 2 nitrogen and oxygen atoms in total. The smallest absolute Gasteiger partial charge is 0.128 e. The number of piperidine rings is 1. The second-order valence-corrected chi connectivity index (χ2v) is 5.63. The molecule has 0 bridgehead atoms. The van der Waals surface area contributed by atoms with Crippen LogP contribution >= 0.6 is 0 Å². The SMILES string of the molecule is CC1CCN(C(CN)c2cc(F)ccc2F)C(C)C1. The molecule has 0 radical (unpaired) electrons. The van der Waals surface area contributed by atoms with E-state index in [2.05, 4.69) is 18.7 Å². The molecule has 4 heteroatoms. The van der Waals surface area contributed by atoms with E-state index in [1.165, 1.54) is 12.1 Å². The molecule has 3 atom stereocenters. The predicted octanol–water partition coefficient (Wildman–Crippen LogP) is 3.09. The first-order valence-corrected chi connectivity index (χ1v) is 6.93. The summed E-state index contributed by atoms with van der Waals surface area (Å²) in [6, 6.07) is 3.72. The zero-order chi connectivity index (χ0) is 14.0. The fourth-order valence-electron chi connectivity index (χ4n) is 3.10. The lowest BCUT2D eigenvalue weighted by Crippen LogP contribution is -2.45. The van der Waals surface area contributed by atoms with E-state index in [-0.39, 0.29) is 11.9 Å². The fourth-order valence-corrected chi connectivity index (χ4v) is 3.10. The highest BCUT2D eigenvalue weighted by Gasteiger charge is 2.30. The van der Waals surface area contributed by atoms with Crippen molar-refractivity contribution < 1.29 is 8.78 Å². The third kappa shape index (κ3) is 3.12. The zero-order valence-electron chi connectivity index (χ0n) is 11.6. The van der Waals surface area contributed by atoms with Gasteiger partial charge in [0.15, 0.2) is 0 Å². The van der Waals surface area contributed by atoms with E-state index in [0.29, 0.717) is 24.1 Å². The minimum Gasteiger partial charge on any atom is -0.329 e. The average Bonchev–Trinajstić information content (AvgIpc) is 2.36. The molecule has 1 aliphatic heterocycles. The van der Waals surface area contributed by atoms with E-state index >= 15 is 0 Å². The van der Waals surface area contributed by atoms with Gasteiger partial charge in [-0.25, -0.2) is 8.78 Å². The van der Waals surface area contributed by atoms with Gasteiger partial charge in [-0.05, 0) is 50.4 Å². The van der Waals surface area contributed by atoms with E-state index in [4.69, 9.17) is 5.73 Å². The fraction of sp³-hybridized carbons (Fsp3) is 0.600. The van der Waals surface area contributed by atoms with Gasteiger partial charge in [-0.1, -0.05) is 6.92 Å². The van der Waals surface area contributed by atoms with E-state index < -0.39 is 5.82 Å². The molecule has 1 fully saturated rings. The van der Waals surface area contributed by atoms with Crippen LogP contribution in [0.4, 0.5) is 8.78 Å². The summed E-state index contributed by atoms with van der Waals surface area (Å²) < 4.78 is 27.3. The van der Waals surface area contributed by atoms with Crippen molar-refractivity contribution in [2.75, 3.05) is 13.1 Å².